The zero-order valence-electron chi connectivity index (χ0n) is 16.7. The van der Waals surface area contributed by atoms with Crippen LogP contribution in [-0.4, -0.2) is 27.1 Å². The van der Waals surface area contributed by atoms with Gasteiger partial charge in [-0.1, -0.05) is 12.1 Å². The van der Waals surface area contributed by atoms with E-state index in [2.05, 4.69) is 30.3 Å². The first kappa shape index (κ1) is 19.1. The molecule has 1 aliphatic heterocycles. The molecule has 3 rings (SSSR count). The quantitative estimate of drug-likeness (QED) is 0.794. The summed E-state index contributed by atoms with van der Waals surface area (Å²) in [5, 5.41) is 7.33. The van der Waals surface area contributed by atoms with Crippen molar-refractivity contribution in [3.05, 3.63) is 46.3 Å². The summed E-state index contributed by atoms with van der Waals surface area (Å²) in [5.74, 6) is 0.898. The number of aryl methyl sites for hydroxylation is 2. The molecule has 144 valence electrons. The van der Waals surface area contributed by atoms with Gasteiger partial charge in [0.2, 0.25) is 5.91 Å². The highest BCUT2D eigenvalue weighted by Crippen LogP contribution is 2.35. The van der Waals surface area contributed by atoms with Crippen LogP contribution in [0.4, 0.5) is 0 Å². The molecule has 1 amide bonds. The number of aromatic nitrogens is 2. The lowest BCUT2D eigenvalue weighted by molar-refractivity contribution is -0.121. The van der Waals surface area contributed by atoms with Gasteiger partial charge in [0, 0.05) is 31.6 Å². The van der Waals surface area contributed by atoms with E-state index < -0.39 is 0 Å². The van der Waals surface area contributed by atoms with E-state index >= 15 is 0 Å². The van der Waals surface area contributed by atoms with Crippen molar-refractivity contribution in [2.45, 2.75) is 66.2 Å². The van der Waals surface area contributed by atoms with Gasteiger partial charge in [-0.25, -0.2) is 0 Å². The van der Waals surface area contributed by atoms with Crippen molar-refractivity contribution >= 4 is 11.7 Å². The fraction of sp³-hybridized carbons (Fsp3) is 0.476. The lowest BCUT2D eigenvalue weighted by Gasteiger charge is -2.16. The number of nitrogens with zero attached hydrogens (tertiary/aromatic N) is 2. The smallest absolute Gasteiger partial charge is 0.222 e. The third-order valence-corrected chi connectivity index (χ3v) is 4.90. The fourth-order valence-corrected chi connectivity index (χ4v) is 3.69. The summed E-state index contributed by atoms with van der Waals surface area (Å²) in [6.07, 6.45) is 1.20. The molecule has 2 heterocycles. The van der Waals surface area contributed by atoms with Gasteiger partial charge in [-0.15, -0.1) is 0 Å². The Morgan fingerprint density at radius 1 is 1.30 bits per heavy atom. The molecule has 0 spiro atoms. The second kappa shape index (κ2) is 7.18. The minimum Gasteiger partial charge on any atom is -0.487 e. The molecule has 0 atom stereocenters. The minimum absolute atomic E-state index is 0.00414. The van der Waals surface area contributed by atoms with Gasteiger partial charge < -0.3 is 10.1 Å². The van der Waals surface area contributed by atoms with E-state index in [1.165, 1.54) is 12.5 Å². The largest absolute Gasteiger partial charge is 0.487 e. The van der Waals surface area contributed by atoms with E-state index in [-0.39, 0.29) is 17.3 Å². The van der Waals surface area contributed by atoms with Gasteiger partial charge in [-0.3, -0.25) is 14.3 Å². The SMILES string of the molecule is CC(=O)c1c(C)nn(CCC(=O)NCc2ccc3c(c2)CC(C)(C)O3)c1C. The Balaban J connectivity index is 1.54. The first-order chi connectivity index (χ1) is 12.7. The second-order valence-corrected chi connectivity index (χ2v) is 7.83. The van der Waals surface area contributed by atoms with Crippen molar-refractivity contribution in [1.29, 1.82) is 0 Å². The zero-order valence-corrected chi connectivity index (χ0v) is 16.7. The molecule has 0 unspecified atom stereocenters. The highest BCUT2D eigenvalue weighted by molar-refractivity contribution is 5.96. The van der Waals surface area contributed by atoms with Gasteiger partial charge in [-0.05, 0) is 51.8 Å². The van der Waals surface area contributed by atoms with Crippen LogP contribution in [0.3, 0.4) is 0 Å². The predicted molar refractivity (Wildman–Crippen MR) is 103 cm³/mol. The first-order valence-electron chi connectivity index (χ1n) is 9.29. The summed E-state index contributed by atoms with van der Waals surface area (Å²) in [4.78, 5) is 23.9. The molecular formula is C21H27N3O3. The Morgan fingerprint density at radius 3 is 2.70 bits per heavy atom. The molecule has 0 bridgehead atoms. The summed E-state index contributed by atoms with van der Waals surface area (Å²) in [6, 6.07) is 6.07. The van der Waals surface area contributed by atoms with Crippen LogP contribution in [0, 0.1) is 13.8 Å². The highest BCUT2D eigenvalue weighted by atomic mass is 16.5. The Labute approximate surface area is 159 Å². The Morgan fingerprint density at radius 2 is 2.04 bits per heavy atom. The van der Waals surface area contributed by atoms with Gasteiger partial charge in [0.25, 0.3) is 0 Å². The molecule has 0 saturated heterocycles. The predicted octanol–water partition coefficient (Wildman–Crippen LogP) is 3.12. The minimum atomic E-state index is -0.164. The van der Waals surface area contributed by atoms with Crippen molar-refractivity contribution in [2.24, 2.45) is 0 Å². The van der Waals surface area contributed by atoms with Crippen molar-refractivity contribution in [3.8, 4) is 5.75 Å². The average molecular weight is 369 g/mol. The molecule has 1 aliphatic rings. The number of nitrogens with one attached hydrogen (secondary N) is 1. The van der Waals surface area contributed by atoms with Crippen LogP contribution in [0.15, 0.2) is 18.2 Å². The number of ketones is 1. The van der Waals surface area contributed by atoms with Crippen LogP contribution in [0.2, 0.25) is 0 Å². The number of rotatable bonds is 6. The van der Waals surface area contributed by atoms with E-state index in [1.54, 1.807) is 4.68 Å². The number of fused-ring (bicyclic) bond motifs is 1. The van der Waals surface area contributed by atoms with E-state index in [1.807, 2.05) is 26.0 Å². The van der Waals surface area contributed by atoms with E-state index in [4.69, 9.17) is 4.74 Å². The summed E-state index contributed by atoms with van der Waals surface area (Å²) in [5.41, 5.74) is 4.26. The summed E-state index contributed by atoms with van der Waals surface area (Å²) in [6.45, 7) is 10.3. The standard InChI is InChI=1S/C21H27N3O3/c1-13-20(15(3)25)14(2)24(23-13)9-8-19(26)22-12-16-6-7-18-17(10-16)11-21(4,5)27-18/h6-7,10H,8-9,11-12H2,1-5H3,(H,22,26). The van der Waals surface area contributed by atoms with Crippen LogP contribution in [0.5, 0.6) is 5.75 Å². The molecule has 2 aromatic rings. The van der Waals surface area contributed by atoms with Crippen molar-refractivity contribution in [1.82, 2.24) is 15.1 Å². The van der Waals surface area contributed by atoms with Crippen LogP contribution in [0.1, 0.15) is 60.1 Å². The number of benzene rings is 1. The lowest BCUT2D eigenvalue weighted by atomic mass is 10.0. The maximum atomic E-state index is 12.2. The van der Waals surface area contributed by atoms with E-state index in [0.717, 1.165) is 23.4 Å². The molecule has 6 heteroatoms. The number of carbonyl (C=O) groups is 2. The van der Waals surface area contributed by atoms with Gasteiger partial charge in [0.1, 0.15) is 11.4 Å². The molecule has 1 N–H and O–H groups in total. The molecule has 0 saturated carbocycles. The lowest BCUT2D eigenvalue weighted by Crippen LogP contribution is -2.24. The third kappa shape index (κ3) is 4.21. The number of Topliss-reactive ketones (excluding diaryl/α,β-unsaturated/α-hetero) is 1. The first-order valence-corrected chi connectivity index (χ1v) is 9.29. The monoisotopic (exact) mass is 369 g/mol. The molecule has 1 aromatic carbocycles. The maximum Gasteiger partial charge on any atom is 0.222 e. The molecule has 27 heavy (non-hydrogen) atoms. The van der Waals surface area contributed by atoms with Gasteiger partial charge in [-0.2, -0.15) is 5.10 Å². The Hall–Kier alpha value is -2.63. The number of hydrogen-bond donors (Lipinski definition) is 1. The molecule has 6 nitrogen and oxygen atoms in total. The normalized spacial score (nSPS) is 14.6. The zero-order chi connectivity index (χ0) is 19.8. The third-order valence-electron chi connectivity index (χ3n) is 4.90. The van der Waals surface area contributed by atoms with Crippen molar-refractivity contribution < 1.29 is 14.3 Å². The highest BCUT2D eigenvalue weighted by Gasteiger charge is 2.29. The van der Waals surface area contributed by atoms with Gasteiger partial charge >= 0.3 is 0 Å². The van der Waals surface area contributed by atoms with Crippen LogP contribution in [0.25, 0.3) is 0 Å². The molecule has 0 radical (unpaired) electrons. The summed E-state index contributed by atoms with van der Waals surface area (Å²) in [7, 11) is 0. The maximum absolute atomic E-state index is 12.2. The number of ether oxygens (including phenoxy) is 1. The van der Waals surface area contributed by atoms with E-state index in [9.17, 15) is 9.59 Å². The van der Waals surface area contributed by atoms with Crippen molar-refractivity contribution in [3.63, 3.8) is 0 Å². The van der Waals surface area contributed by atoms with Crippen LogP contribution >= 0.6 is 0 Å². The molecule has 0 fully saturated rings. The van der Waals surface area contributed by atoms with Gasteiger partial charge in [0.05, 0.1) is 11.3 Å². The summed E-state index contributed by atoms with van der Waals surface area (Å²) >= 11 is 0. The fourth-order valence-electron chi connectivity index (χ4n) is 3.69. The topological polar surface area (TPSA) is 73.2 Å². The molecular weight excluding hydrogens is 342 g/mol. The Bertz CT molecular complexity index is 896. The Kier molecular flexibility index (Phi) is 5.09. The molecule has 0 aliphatic carbocycles. The second-order valence-electron chi connectivity index (χ2n) is 7.83. The number of hydrogen-bond acceptors (Lipinski definition) is 4. The van der Waals surface area contributed by atoms with Crippen LogP contribution in [-0.2, 0) is 24.3 Å². The average Bonchev–Trinajstić information content (AvgIpc) is 3.04. The van der Waals surface area contributed by atoms with Crippen LogP contribution < -0.4 is 10.1 Å². The molecule has 1 aromatic heterocycles. The van der Waals surface area contributed by atoms with E-state index in [0.29, 0.717) is 30.8 Å². The van der Waals surface area contributed by atoms with Gasteiger partial charge in [0.15, 0.2) is 5.78 Å². The number of carbonyl (C=O) groups excluding carboxylic acids is 2. The van der Waals surface area contributed by atoms with Crippen molar-refractivity contribution in [2.75, 3.05) is 0 Å². The number of amides is 1. The summed E-state index contributed by atoms with van der Waals surface area (Å²) < 4.78 is 7.62.